The molecule has 26 heavy (non-hydrogen) atoms. The standard InChI is InChI=1S/C17H18ClF2N3O2S/c18-12-7-13(19)10(6-14(12)20)16-21-15-9-26(24,25)8-11(15)17(22-16)23-4-2-1-3-5-23/h6-7,24-25H,1-5,8-9H2. The van der Waals surface area contributed by atoms with Gasteiger partial charge in [-0.05, 0) is 31.4 Å². The topological polar surface area (TPSA) is 69.5 Å². The number of piperidine rings is 1. The van der Waals surface area contributed by atoms with Crippen molar-refractivity contribution in [3.63, 3.8) is 0 Å². The number of anilines is 1. The molecule has 2 aliphatic heterocycles. The van der Waals surface area contributed by atoms with Crippen LogP contribution in [0.2, 0.25) is 5.02 Å². The smallest absolute Gasteiger partial charge is 0.164 e. The molecule has 2 N–H and O–H groups in total. The fourth-order valence-electron chi connectivity index (χ4n) is 3.47. The predicted octanol–water partition coefficient (Wildman–Crippen LogP) is 4.83. The monoisotopic (exact) mass is 401 g/mol. The molecule has 2 aromatic rings. The molecule has 1 aromatic carbocycles. The van der Waals surface area contributed by atoms with Crippen molar-refractivity contribution in [1.82, 2.24) is 9.97 Å². The molecule has 0 unspecified atom stereocenters. The number of hydrogen-bond donors (Lipinski definition) is 2. The molecule has 5 nitrogen and oxygen atoms in total. The molecule has 1 saturated heterocycles. The summed E-state index contributed by atoms with van der Waals surface area (Å²) >= 11 is 5.63. The first kappa shape index (κ1) is 17.9. The average Bonchev–Trinajstić information content (AvgIpc) is 2.91. The van der Waals surface area contributed by atoms with Gasteiger partial charge >= 0.3 is 0 Å². The van der Waals surface area contributed by atoms with Gasteiger partial charge in [-0.25, -0.2) is 18.7 Å². The summed E-state index contributed by atoms with van der Waals surface area (Å²) < 4.78 is 48.5. The Labute approximate surface area is 156 Å². The fraction of sp³-hybridized carbons (Fsp3) is 0.412. The molecule has 2 aliphatic rings. The minimum absolute atomic E-state index is 0.0103. The number of halogens is 3. The Kier molecular flexibility index (Phi) is 4.54. The van der Waals surface area contributed by atoms with Gasteiger partial charge in [0.25, 0.3) is 0 Å². The van der Waals surface area contributed by atoms with Crippen LogP contribution < -0.4 is 4.90 Å². The van der Waals surface area contributed by atoms with Crippen molar-refractivity contribution in [3.8, 4) is 11.4 Å². The third-order valence-electron chi connectivity index (χ3n) is 4.72. The van der Waals surface area contributed by atoms with E-state index in [1.807, 2.05) is 0 Å². The summed E-state index contributed by atoms with van der Waals surface area (Å²) in [5.74, 6) is -0.726. The molecule has 3 heterocycles. The van der Waals surface area contributed by atoms with Crippen LogP contribution in [-0.2, 0) is 11.5 Å². The van der Waals surface area contributed by atoms with Crippen LogP contribution in [0.1, 0.15) is 30.5 Å². The second-order valence-electron chi connectivity index (χ2n) is 6.68. The number of fused-ring (bicyclic) bond motifs is 1. The molecule has 1 aromatic heterocycles. The van der Waals surface area contributed by atoms with E-state index in [0.29, 0.717) is 17.1 Å². The predicted molar refractivity (Wildman–Crippen MR) is 98.7 cm³/mol. The van der Waals surface area contributed by atoms with Crippen LogP contribution >= 0.6 is 22.2 Å². The largest absolute Gasteiger partial charge is 0.356 e. The summed E-state index contributed by atoms with van der Waals surface area (Å²) in [6.45, 7) is 1.58. The van der Waals surface area contributed by atoms with E-state index in [9.17, 15) is 17.9 Å². The van der Waals surface area contributed by atoms with Crippen molar-refractivity contribution in [2.75, 3.05) is 18.0 Å². The number of nitrogens with zero attached hydrogens (tertiary/aromatic N) is 3. The van der Waals surface area contributed by atoms with Gasteiger partial charge in [-0.15, -0.1) is 0 Å². The highest BCUT2D eigenvalue weighted by atomic mass is 35.5. The maximum Gasteiger partial charge on any atom is 0.164 e. The Hall–Kier alpha value is -1.48. The summed E-state index contributed by atoms with van der Waals surface area (Å²) in [7, 11) is -2.81. The van der Waals surface area contributed by atoms with E-state index < -0.39 is 22.2 Å². The lowest BCUT2D eigenvalue weighted by Gasteiger charge is -2.30. The second kappa shape index (κ2) is 6.60. The average molecular weight is 402 g/mol. The first-order valence-corrected chi connectivity index (χ1v) is 10.6. The molecular formula is C17H18ClF2N3O2S. The van der Waals surface area contributed by atoms with Crippen LogP contribution in [0.4, 0.5) is 14.6 Å². The molecule has 0 saturated carbocycles. The van der Waals surface area contributed by atoms with E-state index in [0.717, 1.165) is 44.5 Å². The van der Waals surface area contributed by atoms with Gasteiger partial charge in [0.15, 0.2) is 5.82 Å². The Morgan fingerprint density at radius 2 is 1.73 bits per heavy atom. The van der Waals surface area contributed by atoms with Gasteiger partial charge in [-0.1, -0.05) is 11.6 Å². The van der Waals surface area contributed by atoms with Crippen molar-refractivity contribution in [3.05, 3.63) is 40.0 Å². The van der Waals surface area contributed by atoms with E-state index in [4.69, 9.17) is 11.6 Å². The minimum atomic E-state index is -2.81. The van der Waals surface area contributed by atoms with Crippen LogP contribution in [0.25, 0.3) is 11.4 Å². The van der Waals surface area contributed by atoms with Gasteiger partial charge in [0.1, 0.15) is 17.5 Å². The normalized spacial score (nSPS) is 20.1. The maximum atomic E-state index is 14.4. The zero-order valence-electron chi connectivity index (χ0n) is 13.9. The van der Waals surface area contributed by atoms with Crippen molar-refractivity contribution < 1.29 is 17.9 Å². The highest BCUT2D eigenvalue weighted by molar-refractivity contribution is 8.23. The fourth-order valence-corrected chi connectivity index (χ4v) is 5.15. The Morgan fingerprint density at radius 1 is 1.00 bits per heavy atom. The summed E-state index contributed by atoms with van der Waals surface area (Å²) in [4.78, 5) is 10.9. The lowest BCUT2D eigenvalue weighted by Crippen LogP contribution is -2.31. The van der Waals surface area contributed by atoms with Gasteiger partial charge in [0, 0.05) is 18.7 Å². The number of benzene rings is 1. The van der Waals surface area contributed by atoms with Crippen LogP contribution in [0, 0.1) is 11.6 Å². The van der Waals surface area contributed by atoms with Crippen molar-refractivity contribution >= 4 is 28.0 Å². The molecule has 140 valence electrons. The highest BCUT2D eigenvalue weighted by Crippen LogP contribution is 2.54. The summed E-state index contributed by atoms with van der Waals surface area (Å²) in [6.07, 6.45) is 3.14. The number of hydrogen-bond acceptors (Lipinski definition) is 5. The lowest BCUT2D eigenvalue weighted by molar-refractivity contribution is 0.488. The summed E-state index contributed by atoms with van der Waals surface area (Å²) in [5, 5.41) is -0.308. The zero-order chi connectivity index (χ0) is 18.5. The molecule has 0 bridgehead atoms. The molecular weight excluding hydrogens is 384 g/mol. The summed E-state index contributed by atoms with van der Waals surface area (Å²) in [5.41, 5.74) is 1.10. The second-order valence-corrected chi connectivity index (χ2v) is 9.27. The minimum Gasteiger partial charge on any atom is -0.356 e. The third kappa shape index (κ3) is 3.26. The molecule has 0 amide bonds. The molecule has 0 spiro atoms. The molecule has 1 fully saturated rings. The van der Waals surface area contributed by atoms with Crippen LogP contribution in [0.5, 0.6) is 0 Å². The quantitative estimate of drug-likeness (QED) is 0.705. The Bertz CT molecular complexity index is 876. The van der Waals surface area contributed by atoms with E-state index in [1.54, 1.807) is 0 Å². The van der Waals surface area contributed by atoms with Crippen LogP contribution in [0.15, 0.2) is 12.1 Å². The van der Waals surface area contributed by atoms with Gasteiger partial charge in [-0.2, -0.15) is 10.6 Å². The van der Waals surface area contributed by atoms with E-state index in [-0.39, 0.29) is 27.9 Å². The number of aromatic nitrogens is 2. The molecule has 0 atom stereocenters. The number of rotatable bonds is 2. The van der Waals surface area contributed by atoms with Gasteiger partial charge in [0.2, 0.25) is 0 Å². The van der Waals surface area contributed by atoms with E-state index in [2.05, 4.69) is 14.9 Å². The van der Waals surface area contributed by atoms with Crippen molar-refractivity contribution in [2.45, 2.75) is 30.8 Å². The van der Waals surface area contributed by atoms with Crippen LogP contribution in [0.3, 0.4) is 0 Å². The molecule has 4 rings (SSSR count). The molecule has 9 heteroatoms. The first-order chi connectivity index (χ1) is 12.3. The first-order valence-electron chi connectivity index (χ1n) is 8.37. The SMILES string of the molecule is OS1(O)Cc2nc(-c3cc(F)c(Cl)cc3F)nc(N3CCCCC3)c2C1. The van der Waals surface area contributed by atoms with E-state index >= 15 is 0 Å². The molecule has 0 radical (unpaired) electrons. The highest BCUT2D eigenvalue weighted by Gasteiger charge is 2.33. The molecule has 0 aliphatic carbocycles. The lowest BCUT2D eigenvalue weighted by atomic mass is 10.1. The van der Waals surface area contributed by atoms with Crippen molar-refractivity contribution in [1.29, 1.82) is 0 Å². The Balaban J connectivity index is 1.86. The van der Waals surface area contributed by atoms with Crippen molar-refractivity contribution in [2.24, 2.45) is 0 Å². The van der Waals surface area contributed by atoms with Crippen LogP contribution in [-0.4, -0.2) is 32.2 Å². The van der Waals surface area contributed by atoms with E-state index in [1.165, 1.54) is 0 Å². The van der Waals surface area contributed by atoms with Gasteiger partial charge in [0.05, 0.1) is 27.8 Å². The van der Waals surface area contributed by atoms with Gasteiger partial charge in [-0.3, -0.25) is 9.11 Å². The maximum absolute atomic E-state index is 14.4. The third-order valence-corrected chi connectivity index (χ3v) is 6.50. The summed E-state index contributed by atoms with van der Waals surface area (Å²) in [6, 6.07) is 1.88. The zero-order valence-corrected chi connectivity index (χ0v) is 15.5. The van der Waals surface area contributed by atoms with Gasteiger partial charge < -0.3 is 4.90 Å². The Morgan fingerprint density at radius 3 is 2.46 bits per heavy atom.